The molecule has 1 aromatic carbocycles. The van der Waals surface area contributed by atoms with Crippen molar-refractivity contribution in [3.05, 3.63) is 44.5 Å². The minimum Gasteiger partial charge on any atom is -0.316 e. The van der Waals surface area contributed by atoms with Gasteiger partial charge in [-0.1, -0.05) is 18.9 Å². The van der Waals surface area contributed by atoms with Crippen molar-refractivity contribution >= 4 is 22.6 Å². The summed E-state index contributed by atoms with van der Waals surface area (Å²) in [5.41, 5.74) is 0.972. The number of halogens is 1. The molecule has 1 aliphatic rings. The quantitative estimate of drug-likeness (QED) is 0.660. The van der Waals surface area contributed by atoms with Crippen LogP contribution in [0.2, 0.25) is 0 Å². The summed E-state index contributed by atoms with van der Waals surface area (Å²) in [6.45, 7) is 0. The molecular weight excluding hydrogens is 252 g/mol. The van der Waals surface area contributed by atoms with E-state index in [1.54, 1.807) is 6.07 Å². The van der Waals surface area contributed by atoms with Crippen molar-refractivity contribution in [3.8, 4) is 0 Å². The zero-order valence-corrected chi connectivity index (χ0v) is 10.5. The molecule has 1 aliphatic carbocycles. The highest BCUT2D eigenvalue weighted by Crippen LogP contribution is 2.40. The first-order valence-electron chi connectivity index (χ1n) is 6.04. The molecule has 1 saturated carbocycles. The van der Waals surface area contributed by atoms with Crippen LogP contribution in [0, 0.1) is 5.92 Å². The lowest BCUT2D eigenvalue weighted by Gasteiger charge is -2.09. The Morgan fingerprint density at radius 3 is 2.50 bits per heavy atom. The third-order valence-corrected chi connectivity index (χ3v) is 3.78. The maximum atomic E-state index is 11.3. The molecule has 0 radical (unpaired) electrons. The summed E-state index contributed by atoms with van der Waals surface area (Å²) in [5.74, 6) is 0.748. The number of hydrogen-bond donors (Lipinski definition) is 2. The Morgan fingerprint density at radius 2 is 1.83 bits per heavy atom. The largest absolute Gasteiger partial charge is 0.316 e. The fraction of sp³-hybridized carbons (Fsp3) is 0.385. The molecule has 1 heterocycles. The lowest BCUT2D eigenvalue weighted by atomic mass is 10.1. The highest BCUT2D eigenvalue weighted by atomic mass is 35.5. The van der Waals surface area contributed by atoms with Gasteiger partial charge in [0.1, 0.15) is 0 Å². The molecule has 4 nitrogen and oxygen atoms in total. The average molecular weight is 265 g/mol. The van der Waals surface area contributed by atoms with Gasteiger partial charge in [-0.25, -0.2) is 0 Å². The van der Waals surface area contributed by atoms with Gasteiger partial charge >= 0.3 is 11.1 Å². The zero-order chi connectivity index (χ0) is 12.7. The highest BCUT2D eigenvalue weighted by Gasteiger charge is 2.25. The molecule has 0 spiro atoms. The number of nitrogens with one attached hydrogen (secondary N) is 2. The molecule has 0 aliphatic heterocycles. The van der Waals surface area contributed by atoms with Crippen molar-refractivity contribution in [1.82, 2.24) is 9.97 Å². The van der Waals surface area contributed by atoms with Gasteiger partial charge in [0.05, 0.1) is 16.4 Å². The van der Waals surface area contributed by atoms with E-state index in [1.165, 1.54) is 12.8 Å². The van der Waals surface area contributed by atoms with Gasteiger partial charge < -0.3 is 9.97 Å². The van der Waals surface area contributed by atoms with E-state index in [0.717, 1.165) is 17.9 Å². The molecule has 1 unspecified atom stereocenters. The number of alkyl halides is 1. The smallest absolute Gasteiger partial charge is 0.314 e. The number of H-pyrrole nitrogens is 2. The molecule has 94 valence electrons. The third-order valence-electron chi connectivity index (χ3n) is 3.35. The van der Waals surface area contributed by atoms with E-state index in [9.17, 15) is 9.59 Å². The van der Waals surface area contributed by atoms with Crippen LogP contribution in [0.3, 0.4) is 0 Å². The molecule has 0 amide bonds. The number of hydrogen-bond acceptors (Lipinski definition) is 2. The van der Waals surface area contributed by atoms with Crippen LogP contribution in [0.25, 0.3) is 11.0 Å². The number of benzene rings is 1. The lowest BCUT2D eigenvalue weighted by molar-refractivity contribution is 0.707. The number of fused-ring (bicyclic) bond motifs is 1. The summed E-state index contributed by atoms with van der Waals surface area (Å²) in [4.78, 5) is 27.5. The summed E-state index contributed by atoms with van der Waals surface area (Å²) in [5, 5.41) is -0.0302. The van der Waals surface area contributed by atoms with Gasteiger partial charge in [0, 0.05) is 0 Å². The van der Waals surface area contributed by atoms with E-state index in [1.807, 2.05) is 12.1 Å². The van der Waals surface area contributed by atoms with E-state index in [2.05, 4.69) is 9.97 Å². The van der Waals surface area contributed by atoms with E-state index in [0.29, 0.717) is 11.0 Å². The summed E-state index contributed by atoms with van der Waals surface area (Å²) in [7, 11) is 0. The van der Waals surface area contributed by atoms with Crippen molar-refractivity contribution in [2.45, 2.75) is 24.6 Å². The monoisotopic (exact) mass is 264 g/mol. The van der Waals surface area contributed by atoms with Crippen molar-refractivity contribution in [2.75, 3.05) is 0 Å². The van der Waals surface area contributed by atoms with Gasteiger partial charge in [0.2, 0.25) is 0 Å². The first-order chi connectivity index (χ1) is 8.63. The van der Waals surface area contributed by atoms with Crippen molar-refractivity contribution in [3.63, 3.8) is 0 Å². The van der Waals surface area contributed by atoms with Gasteiger partial charge in [0.15, 0.2) is 0 Å². The molecule has 1 aromatic heterocycles. The van der Waals surface area contributed by atoms with Crippen molar-refractivity contribution < 1.29 is 0 Å². The van der Waals surface area contributed by atoms with E-state index in [4.69, 9.17) is 11.6 Å². The van der Waals surface area contributed by atoms with Gasteiger partial charge in [-0.15, -0.1) is 11.6 Å². The second-order valence-corrected chi connectivity index (χ2v) is 5.39. The zero-order valence-electron chi connectivity index (χ0n) is 9.70. The van der Waals surface area contributed by atoms with Crippen molar-refractivity contribution in [1.29, 1.82) is 0 Å². The predicted octanol–water partition coefficient (Wildman–Crippen LogP) is 2.30. The second kappa shape index (κ2) is 4.28. The Balaban J connectivity index is 2.01. The molecule has 18 heavy (non-hydrogen) atoms. The van der Waals surface area contributed by atoms with Crippen LogP contribution in [0.15, 0.2) is 27.8 Å². The molecule has 5 heteroatoms. The third kappa shape index (κ3) is 2.20. The van der Waals surface area contributed by atoms with E-state index in [-0.39, 0.29) is 5.38 Å². The van der Waals surface area contributed by atoms with Crippen LogP contribution in [0.1, 0.15) is 30.2 Å². The average Bonchev–Trinajstić information content (AvgIpc) is 3.14. The van der Waals surface area contributed by atoms with Gasteiger partial charge in [-0.2, -0.15) is 0 Å². The first-order valence-corrected chi connectivity index (χ1v) is 6.47. The number of aromatic nitrogens is 2. The molecule has 2 N–H and O–H groups in total. The Labute approximate surface area is 108 Å². The van der Waals surface area contributed by atoms with Crippen LogP contribution < -0.4 is 11.1 Å². The minimum atomic E-state index is -0.632. The molecule has 0 bridgehead atoms. The maximum absolute atomic E-state index is 11.3. The minimum absolute atomic E-state index is 0.0302. The lowest BCUT2D eigenvalue weighted by Crippen LogP contribution is -2.28. The summed E-state index contributed by atoms with van der Waals surface area (Å²) in [6.07, 6.45) is 3.50. The summed E-state index contributed by atoms with van der Waals surface area (Å²) < 4.78 is 0. The predicted molar refractivity (Wildman–Crippen MR) is 71.1 cm³/mol. The first kappa shape index (κ1) is 11.5. The SMILES string of the molecule is O=c1[nH]c2ccc(C(Cl)CC3CC3)cc2[nH]c1=O. The summed E-state index contributed by atoms with van der Waals surface area (Å²) >= 11 is 6.35. The molecule has 0 saturated heterocycles. The second-order valence-electron chi connectivity index (χ2n) is 4.86. The maximum Gasteiger partial charge on any atom is 0.314 e. The fourth-order valence-corrected chi connectivity index (χ4v) is 2.50. The number of aromatic amines is 2. The Kier molecular flexibility index (Phi) is 2.74. The molecule has 1 fully saturated rings. The molecular formula is C13H13ClN2O2. The fourth-order valence-electron chi connectivity index (χ4n) is 2.11. The van der Waals surface area contributed by atoms with Gasteiger partial charge in [-0.3, -0.25) is 9.59 Å². The highest BCUT2D eigenvalue weighted by molar-refractivity contribution is 6.20. The van der Waals surface area contributed by atoms with Crippen LogP contribution in [0.5, 0.6) is 0 Å². The van der Waals surface area contributed by atoms with E-state index >= 15 is 0 Å². The van der Waals surface area contributed by atoms with Crippen molar-refractivity contribution in [2.24, 2.45) is 5.92 Å². The van der Waals surface area contributed by atoms with Crippen LogP contribution >= 0.6 is 11.6 Å². The summed E-state index contributed by atoms with van der Waals surface area (Å²) in [6, 6.07) is 5.52. The van der Waals surface area contributed by atoms with Gasteiger partial charge in [-0.05, 0) is 30.0 Å². The topological polar surface area (TPSA) is 65.7 Å². The molecule has 3 rings (SSSR count). The normalized spacial score (nSPS) is 16.9. The standard InChI is InChI=1S/C13H13ClN2O2/c14-9(5-7-1-2-7)8-3-4-10-11(6-8)16-13(18)12(17)15-10/h3-4,6-7,9H,1-2,5H2,(H,15,17)(H,16,18). The number of rotatable bonds is 3. The Bertz CT molecular complexity index is 700. The molecule has 2 aromatic rings. The molecule has 1 atom stereocenters. The van der Waals surface area contributed by atoms with Crippen LogP contribution in [-0.2, 0) is 0 Å². The van der Waals surface area contributed by atoms with Crippen LogP contribution in [-0.4, -0.2) is 9.97 Å². The van der Waals surface area contributed by atoms with E-state index < -0.39 is 11.1 Å². The Hall–Kier alpha value is -1.55. The van der Waals surface area contributed by atoms with Crippen LogP contribution in [0.4, 0.5) is 0 Å². The van der Waals surface area contributed by atoms with Gasteiger partial charge in [0.25, 0.3) is 0 Å². The Morgan fingerprint density at radius 1 is 1.17 bits per heavy atom.